The van der Waals surface area contributed by atoms with Gasteiger partial charge in [0.15, 0.2) is 5.96 Å². The second kappa shape index (κ2) is 16.5. The lowest BCUT2D eigenvalue weighted by Crippen LogP contribution is -2.57. The van der Waals surface area contributed by atoms with Crippen LogP contribution in [0, 0.1) is 0 Å². The van der Waals surface area contributed by atoms with Crippen LogP contribution in [-0.4, -0.2) is 83.4 Å². The molecule has 0 radical (unpaired) electrons. The molecule has 0 saturated carbocycles. The van der Waals surface area contributed by atoms with E-state index in [1.807, 2.05) is 6.26 Å². The lowest BCUT2D eigenvalue weighted by atomic mass is 10.1. The van der Waals surface area contributed by atoms with E-state index in [-0.39, 0.29) is 31.8 Å². The smallest absolute Gasteiger partial charge is 0.325 e. The number of guanidine groups is 1. The molecular formula is C19H36N8O6S. The summed E-state index contributed by atoms with van der Waals surface area (Å²) in [6.07, 6.45) is 2.31. The average molecular weight is 505 g/mol. The van der Waals surface area contributed by atoms with Crippen LogP contribution in [-0.2, 0) is 24.0 Å². The number of thioether (sulfide) groups is 1. The maximum atomic E-state index is 13.0. The number of hydrogen-bond donors (Lipinski definition) is 8. The Morgan fingerprint density at radius 3 is 2.00 bits per heavy atom. The fourth-order valence-electron chi connectivity index (χ4n) is 2.63. The third-order valence-corrected chi connectivity index (χ3v) is 5.23. The van der Waals surface area contributed by atoms with E-state index in [0.29, 0.717) is 18.6 Å². The van der Waals surface area contributed by atoms with E-state index in [9.17, 15) is 24.0 Å². The Kier molecular flexibility index (Phi) is 15.0. The Labute approximate surface area is 202 Å². The normalized spacial score (nSPS) is 14.1. The van der Waals surface area contributed by atoms with Crippen molar-refractivity contribution in [1.82, 2.24) is 16.0 Å². The highest BCUT2D eigenvalue weighted by Gasteiger charge is 2.29. The molecule has 0 aliphatic rings. The van der Waals surface area contributed by atoms with Crippen LogP contribution >= 0.6 is 11.8 Å². The number of primary amides is 1. The van der Waals surface area contributed by atoms with Crippen LogP contribution in [0.5, 0.6) is 0 Å². The Morgan fingerprint density at radius 1 is 0.912 bits per heavy atom. The van der Waals surface area contributed by atoms with E-state index >= 15 is 0 Å². The van der Waals surface area contributed by atoms with Crippen LogP contribution < -0.4 is 38.9 Å². The summed E-state index contributed by atoms with van der Waals surface area (Å²) in [4.78, 5) is 64.0. The largest absolute Gasteiger partial charge is 0.480 e. The van der Waals surface area contributed by atoms with Gasteiger partial charge in [0.25, 0.3) is 0 Å². The van der Waals surface area contributed by atoms with Crippen LogP contribution in [0.1, 0.15) is 39.0 Å². The zero-order valence-corrected chi connectivity index (χ0v) is 20.2. The highest BCUT2D eigenvalue weighted by Crippen LogP contribution is 2.05. The van der Waals surface area contributed by atoms with E-state index in [0.717, 1.165) is 0 Å². The Morgan fingerprint density at radius 2 is 1.47 bits per heavy atom. The van der Waals surface area contributed by atoms with Crippen LogP contribution in [0.2, 0.25) is 0 Å². The van der Waals surface area contributed by atoms with Crippen molar-refractivity contribution in [2.75, 3.05) is 18.6 Å². The Balaban J connectivity index is 5.47. The summed E-state index contributed by atoms with van der Waals surface area (Å²) in [5.41, 5.74) is 21.6. The number of nitrogens with two attached hydrogens (primary N) is 4. The number of carboxylic acids is 1. The number of aliphatic carboxylic acids is 1. The van der Waals surface area contributed by atoms with Gasteiger partial charge in [0, 0.05) is 13.0 Å². The molecule has 0 saturated heterocycles. The minimum Gasteiger partial charge on any atom is -0.480 e. The lowest BCUT2D eigenvalue weighted by Gasteiger charge is -2.24. The first-order chi connectivity index (χ1) is 15.9. The van der Waals surface area contributed by atoms with Gasteiger partial charge in [-0.05, 0) is 44.6 Å². The van der Waals surface area contributed by atoms with Crippen molar-refractivity contribution in [1.29, 1.82) is 0 Å². The predicted octanol–water partition coefficient (Wildman–Crippen LogP) is -3.06. The first kappa shape index (κ1) is 30.9. The van der Waals surface area contributed by atoms with Gasteiger partial charge in [0.2, 0.25) is 23.6 Å². The minimum atomic E-state index is -1.28. The molecule has 0 aliphatic heterocycles. The SMILES string of the molecule is CSCCC(N)C(=O)NC(CCCN=C(N)N)C(=O)NC(CCC(N)=O)C(=O)NC(C)C(=O)O. The number of amides is 4. The zero-order chi connectivity index (χ0) is 26.3. The summed E-state index contributed by atoms with van der Waals surface area (Å²) in [5.74, 6) is -3.55. The van der Waals surface area contributed by atoms with Crippen molar-refractivity contribution in [2.24, 2.45) is 27.9 Å². The number of carboxylic acid groups (broad SMARTS) is 1. The number of hydrogen-bond acceptors (Lipinski definition) is 8. The number of carbonyl (C=O) groups is 5. The first-order valence-electron chi connectivity index (χ1n) is 10.6. The maximum Gasteiger partial charge on any atom is 0.325 e. The van der Waals surface area contributed by atoms with Gasteiger partial charge in [0.1, 0.15) is 18.1 Å². The van der Waals surface area contributed by atoms with Crippen LogP contribution in [0.15, 0.2) is 4.99 Å². The van der Waals surface area contributed by atoms with Crippen LogP contribution in [0.4, 0.5) is 0 Å². The van der Waals surface area contributed by atoms with E-state index < -0.39 is 53.8 Å². The maximum absolute atomic E-state index is 13.0. The topological polar surface area (TPSA) is 258 Å². The summed E-state index contributed by atoms with van der Waals surface area (Å²) in [7, 11) is 0. The van der Waals surface area contributed by atoms with Gasteiger partial charge in [-0.1, -0.05) is 0 Å². The van der Waals surface area contributed by atoms with Crippen molar-refractivity contribution in [3.63, 3.8) is 0 Å². The van der Waals surface area contributed by atoms with Crippen molar-refractivity contribution in [2.45, 2.75) is 63.2 Å². The quantitative estimate of drug-likeness (QED) is 0.0563. The van der Waals surface area contributed by atoms with Gasteiger partial charge >= 0.3 is 5.97 Å². The second-order valence-electron chi connectivity index (χ2n) is 7.53. The molecule has 0 rings (SSSR count). The number of aliphatic imine (C=N–C) groups is 1. The Bertz CT molecular complexity index is 746. The van der Waals surface area contributed by atoms with Crippen molar-refractivity contribution < 1.29 is 29.1 Å². The minimum absolute atomic E-state index is 0.124. The van der Waals surface area contributed by atoms with Gasteiger partial charge in [-0.2, -0.15) is 11.8 Å². The summed E-state index contributed by atoms with van der Waals surface area (Å²) in [6.45, 7) is 1.44. The molecule has 194 valence electrons. The van der Waals surface area contributed by atoms with Gasteiger partial charge < -0.3 is 44.0 Å². The highest BCUT2D eigenvalue weighted by molar-refractivity contribution is 7.98. The molecule has 15 heteroatoms. The van der Waals surface area contributed by atoms with E-state index in [4.69, 9.17) is 28.0 Å². The molecule has 0 aromatic heterocycles. The predicted molar refractivity (Wildman–Crippen MR) is 128 cm³/mol. The Hall–Kier alpha value is -3.07. The van der Waals surface area contributed by atoms with Crippen LogP contribution in [0.3, 0.4) is 0 Å². The first-order valence-corrected chi connectivity index (χ1v) is 12.0. The molecule has 34 heavy (non-hydrogen) atoms. The molecule has 0 aromatic carbocycles. The molecule has 0 bridgehead atoms. The molecule has 14 nitrogen and oxygen atoms in total. The zero-order valence-electron chi connectivity index (χ0n) is 19.4. The molecule has 12 N–H and O–H groups in total. The molecule has 0 fully saturated rings. The van der Waals surface area contributed by atoms with Crippen molar-refractivity contribution in [3.8, 4) is 0 Å². The summed E-state index contributed by atoms with van der Waals surface area (Å²) in [5, 5.41) is 16.3. The second-order valence-corrected chi connectivity index (χ2v) is 8.52. The van der Waals surface area contributed by atoms with Crippen molar-refractivity contribution in [3.05, 3.63) is 0 Å². The number of nitrogens with zero attached hydrogens (tertiary/aromatic N) is 1. The van der Waals surface area contributed by atoms with E-state index in [1.165, 1.54) is 18.7 Å². The monoisotopic (exact) mass is 504 g/mol. The highest BCUT2D eigenvalue weighted by atomic mass is 32.2. The van der Waals surface area contributed by atoms with Gasteiger partial charge in [0.05, 0.1) is 6.04 Å². The molecule has 4 amide bonds. The molecule has 4 unspecified atom stereocenters. The average Bonchev–Trinajstić information content (AvgIpc) is 2.75. The van der Waals surface area contributed by atoms with Gasteiger partial charge in [-0.25, -0.2) is 0 Å². The fourth-order valence-corrected chi connectivity index (χ4v) is 3.12. The third kappa shape index (κ3) is 13.5. The molecule has 0 heterocycles. The number of nitrogens with one attached hydrogen (secondary N) is 3. The fraction of sp³-hybridized carbons (Fsp3) is 0.684. The van der Waals surface area contributed by atoms with Gasteiger partial charge in [-0.15, -0.1) is 0 Å². The standard InChI is InChI=1S/C19H36N8O6S/c1-10(18(32)33)25-16(30)13(5-6-14(21)28)27-17(31)12(4-3-8-24-19(22)23)26-15(29)11(20)7-9-34-2/h10-13H,3-9,20H2,1-2H3,(H2,21,28)(H,25,30)(H,26,29)(H,27,31)(H,32,33)(H4,22,23,24). The number of rotatable bonds is 17. The molecule has 0 aliphatic carbocycles. The molecular weight excluding hydrogens is 468 g/mol. The van der Waals surface area contributed by atoms with E-state index in [1.54, 1.807) is 0 Å². The lowest BCUT2D eigenvalue weighted by molar-refractivity contribution is -0.142. The van der Waals surface area contributed by atoms with Gasteiger partial charge in [-0.3, -0.25) is 29.0 Å². The van der Waals surface area contributed by atoms with E-state index in [2.05, 4.69) is 20.9 Å². The molecule has 0 spiro atoms. The molecule has 0 aromatic rings. The summed E-state index contributed by atoms with van der Waals surface area (Å²) >= 11 is 1.52. The van der Waals surface area contributed by atoms with Crippen molar-refractivity contribution >= 4 is 47.3 Å². The summed E-state index contributed by atoms with van der Waals surface area (Å²) in [6, 6.07) is -4.41. The number of carbonyl (C=O) groups excluding carboxylic acids is 4. The third-order valence-electron chi connectivity index (χ3n) is 4.59. The summed E-state index contributed by atoms with van der Waals surface area (Å²) < 4.78 is 0. The molecule has 4 atom stereocenters. The van der Waals surface area contributed by atoms with Crippen LogP contribution in [0.25, 0.3) is 0 Å².